The topological polar surface area (TPSA) is 17.8 Å². The molecule has 0 N–H and O–H groups in total. The quantitative estimate of drug-likeness (QED) is 0.294. The zero-order chi connectivity index (χ0) is 21.2. The van der Waals surface area contributed by atoms with Gasteiger partial charge in [0.1, 0.15) is 11.6 Å². The average Bonchev–Trinajstić information content (AvgIpc) is 3.16. The van der Waals surface area contributed by atoms with Crippen molar-refractivity contribution >= 4 is 22.6 Å². The van der Waals surface area contributed by atoms with Gasteiger partial charge in [0.15, 0.2) is 0 Å². The highest BCUT2D eigenvalue weighted by atomic mass is 35.5. The number of benzene rings is 4. The number of fused-ring (bicyclic) bond motifs is 1. The summed E-state index contributed by atoms with van der Waals surface area (Å²) in [5, 5.41) is 0.416. The van der Waals surface area contributed by atoms with Gasteiger partial charge in [-0.2, -0.15) is 0 Å². The normalized spacial score (nSPS) is 11.3. The number of rotatable bonds is 5. The molecule has 0 spiro atoms. The first-order valence-corrected chi connectivity index (χ1v) is 10.6. The van der Waals surface area contributed by atoms with Crippen molar-refractivity contribution in [3.63, 3.8) is 0 Å². The molecule has 4 heteroatoms. The van der Waals surface area contributed by atoms with Crippen LogP contribution in [0.1, 0.15) is 28.4 Å². The van der Waals surface area contributed by atoms with Crippen LogP contribution in [0, 0.1) is 5.82 Å². The molecule has 2 nitrogen and oxygen atoms in total. The summed E-state index contributed by atoms with van der Waals surface area (Å²) in [5.74, 6) is 0.450. The monoisotopic (exact) mass is 426 g/mol. The zero-order valence-electron chi connectivity index (χ0n) is 16.7. The summed E-state index contributed by atoms with van der Waals surface area (Å²) < 4.78 is 16.8. The third kappa shape index (κ3) is 3.73. The highest BCUT2D eigenvalue weighted by Crippen LogP contribution is 2.34. The molecule has 0 amide bonds. The van der Waals surface area contributed by atoms with Gasteiger partial charge in [0.25, 0.3) is 0 Å². The Hall–Kier alpha value is -3.43. The Morgan fingerprint density at radius 1 is 0.742 bits per heavy atom. The summed E-state index contributed by atoms with van der Waals surface area (Å²) in [5.41, 5.74) is 4.55. The van der Waals surface area contributed by atoms with Crippen LogP contribution in [0.2, 0.25) is 5.02 Å². The van der Waals surface area contributed by atoms with Gasteiger partial charge in [0.05, 0.1) is 23.5 Å². The molecular formula is C27H20ClFN2. The van der Waals surface area contributed by atoms with E-state index in [9.17, 15) is 4.39 Å². The predicted octanol–water partition coefficient (Wildman–Crippen LogP) is 7.06. The fourth-order valence-corrected chi connectivity index (χ4v) is 4.33. The lowest BCUT2D eigenvalue weighted by molar-refractivity contribution is 0.596. The fourth-order valence-electron chi connectivity index (χ4n) is 4.10. The van der Waals surface area contributed by atoms with Crippen LogP contribution in [0.3, 0.4) is 0 Å². The molecule has 0 fully saturated rings. The first-order valence-electron chi connectivity index (χ1n) is 10.2. The van der Waals surface area contributed by atoms with Crippen LogP contribution in [-0.2, 0) is 6.54 Å². The van der Waals surface area contributed by atoms with Gasteiger partial charge in [-0.05, 0) is 35.4 Å². The molecule has 4 aromatic carbocycles. The van der Waals surface area contributed by atoms with Crippen LogP contribution in [0.15, 0.2) is 103 Å². The van der Waals surface area contributed by atoms with E-state index >= 15 is 0 Å². The van der Waals surface area contributed by atoms with Gasteiger partial charge in [0, 0.05) is 10.6 Å². The first-order chi connectivity index (χ1) is 15.2. The standard InChI is InChI=1S/C27H20ClFN2/c28-22-14-9-15-23(29)21(22)18-31-25-17-8-7-16-24(25)30-27(31)26(19-10-3-1-4-11-19)20-12-5-2-6-13-20/h1-17,26H,18H2. The smallest absolute Gasteiger partial charge is 0.129 e. The lowest BCUT2D eigenvalue weighted by atomic mass is 9.90. The molecule has 0 aliphatic rings. The van der Waals surface area contributed by atoms with E-state index in [1.165, 1.54) is 6.07 Å². The van der Waals surface area contributed by atoms with Gasteiger partial charge in [-0.25, -0.2) is 9.37 Å². The zero-order valence-corrected chi connectivity index (χ0v) is 17.5. The van der Waals surface area contributed by atoms with Gasteiger partial charge >= 0.3 is 0 Å². The van der Waals surface area contributed by atoms with Crippen LogP contribution in [-0.4, -0.2) is 9.55 Å². The molecule has 0 unspecified atom stereocenters. The Morgan fingerprint density at radius 3 is 2.00 bits per heavy atom. The largest absolute Gasteiger partial charge is 0.323 e. The molecule has 0 atom stereocenters. The van der Waals surface area contributed by atoms with E-state index in [0.29, 0.717) is 17.1 Å². The van der Waals surface area contributed by atoms with Crippen LogP contribution >= 0.6 is 11.6 Å². The van der Waals surface area contributed by atoms with E-state index in [1.807, 2.05) is 60.7 Å². The van der Waals surface area contributed by atoms with Crippen molar-refractivity contribution in [1.82, 2.24) is 9.55 Å². The Bertz CT molecular complexity index is 1270. The molecule has 5 aromatic rings. The Kier molecular flexibility index (Phi) is 5.27. The van der Waals surface area contributed by atoms with Crippen molar-refractivity contribution in [3.05, 3.63) is 136 Å². The highest BCUT2D eigenvalue weighted by Gasteiger charge is 2.24. The molecule has 152 valence electrons. The van der Waals surface area contributed by atoms with E-state index in [0.717, 1.165) is 28.0 Å². The molecule has 1 heterocycles. The minimum Gasteiger partial charge on any atom is -0.323 e. The fraction of sp³-hybridized carbons (Fsp3) is 0.0741. The van der Waals surface area contributed by atoms with Crippen molar-refractivity contribution in [1.29, 1.82) is 0 Å². The first kappa shape index (κ1) is 19.5. The number of nitrogens with zero attached hydrogens (tertiary/aromatic N) is 2. The van der Waals surface area contributed by atoms with Gasteiger partial charge < -0.3 is 4.57 Å². The summed E-state index contributed by atoms with van der Waals surface area (Å²) in [7, 11) is 0. The summed E-state index contributed by atoms with van der Waals surface area (Å²) in [6.07, 6.45) is 0. The maximum atomic E-state index is 14.7. The van der Waals surface area contributed by atoms with Crippen LogP contribution in [0.4, 0.5) is 4.39 Å². The third-order valence-electron chi connectivity index (χ3n) is 5.59. The second kappa shape index (κ2) is 8.37. The van der Waals surface area contributed by atoms with E-state index in [4.69, 9.17) is 16.6 Å². The SMILES string of the molecule is Fc1cccc(Cl)c1Cn1c(C(c2ccccc2)c2ccccc2)nc2ccccc21. The van der Waals surface area contributed by atoms with Crippen molar-refractivity contribution in [2.75, 3.05) is 0 Å². The van der Waals surface area contributed by atoms with E-state index in [2.05, 4.69) is 28.8 Å². The van der Waals surface area contributed by atoms with Crippen molar-refractivity contribution in [2.24, 2.45) is 0 Å². The molecule has 31 heavy (non-hydrogen) atoms. The summed E-state index contributed by atoms with van der Waals surface area (Å²) in [6.45, 7) is 0.303. The molecule has 1 aromatic heterocycles. The second-order valence-electron chi connectivity index (χ2n) is 7.50. The van der Waals surface area contributed by atoms with Crippen molar-refractivity contribution in [2.45, 2.75) is 12.5 Å². The van der Waals surface area contributed by atoms with Gasteiger partial charge in [-0.15, -0.1) is 0 Å². The maximum Gasteiger partial charge on any atom is 0.129 e. The Labute approximate surface area is 185 Å². The number of hydrogen-bond acceptors (Lipinski definition) is 1. The predicted molar refractivity (Wildman–Crippen MR) is 124 cm³/mol. The number of halogens is 2. The molecule has 0 aliphatic heterocycles. The second-order valence-corrected chi connectivity index (χ2v) is 7.91. The Balaban J connectivity index is 1.76. The van der Waals surface area contributed by atoms with E-state index in [1.54, 1.807) is 12.1 Å². The third-order valence-corrected chi connectivity index (χ3v) is 5.94. The number of para-hydroxylation sites is 2. The maximum absolute atomic E-state index is 14.7. The number of hydrogen-bond donors (Lipinski definition) is 0. The summed E-state index contributed by atoms with van der Waals surface area (Å²) >= 11 is 6.39. The molecule has 0 radical (unpaired) electrons. The number of aromatic nitrogens is 2. The van der Waals surface area contributed by atoms with Crippen LogP contribution in [0.25, 0.3) is 11.0 Å². The van der Waals surface area contributed by atoms with E-state index < -0.39 is 0 Å². The summed E-state index contributed by atoms with van der Waals surface area (Å²) in [4.78, 5) is 5.02. The number of imidazole rings is 1. The lowest BCUT2D eigenvalue weighted by Gasteiger charge is -2.20. The molecule has 0 saturated heterocycles. The minimum atomic E-state index is -0.313. The molecule has 0 saturated carbocycles. The van der Waals surface area contributed by atoms with Gasteiger partial charge in [0.2, 0.25) is 0 Å². The molecule has 0 bridgehead atoms. The van der Waals surface area contributed by atoms with Gasteiger partial charge in [-0.3, -0.25) is 0 Å². The van der Waals surface area contributed by atoms with Crippen LogP contribution < -0.4 is 0 Å². The van der Waals surface area contributed by atoms with E-state index in [-0.39, 0.29) is 11.7 Å². The highest BCUT2D eigenvalue weighted by molar-refractivity contribution is 6.31. The van der Waals surface area contributed by atoms with Gasteiger partial charge in [-0.1, -0.05) is 90.5 Å². The minimum absolute atomic E-state index is 0.0969. The lowest BCUT2D eigenvalue weighted by Crippen LogP contribution is -2.13. The van der Waals surface area contributed by atoms with Crippen molar-refractivity contribution in [3.8, 4) is 0 Å². The molecule has 5 rings (SSSR count). The summed E-state index contributed by atoms with van der Waals surface area (Å²) in [6, 6.07) is 33.4. The molecule has 0 aliphatic carbocycles. The average molecular weight is 427 g/mol. The van der Waals surface area contributed by atoms with Crippen LogP contribution in [0.5, 0.6) is 0 Å². The van der Waals surface area contributed by atoms with Crippen molar-refractivity contribution < 1.29 is 4.39 Å². The Morgan fingerprint density at radius 2 is 1.35 bits per heavy atom. The molecular weight excluding hydrogens is 407 g/mol.